The molecule has 0 amide bonds. The maximum Gasteiger partial charge on any atom is 0.101 e. The number of anilines is 1. The second-order valence-corrected chi connectivity index (χ2v) is 5.24. The maximum absolute atomic E-state index is 9.01. The molecule has 23 heavy (non-hydrogen) atoms. The van der Waals surface area contributed by atoms with Crippen LogP contribution in [0, 0.1) is 22.7 Å². The van der Waals surface area contributed by atoms with Crippen molar-refractivity contribution < 1.29 is 0 Å². The minimum atomic E-state index is 0.377. The number of benzene rings is 2. The van der Waals surface area contributed by atoms with E-state index in [4.69, 9.17) is 10.5 Å². The highest BCUT2D eigenvalue weighted by molar-refractivity contribution is 5.79. The molecule has 112 valence electrons. The van der Waals surface area contributed by atoms with E-state index in [1.165, 1.54) is 11.8 Å². The van der Waals surface area contributed by atoms with Crippen molar-refractivity contribution in [2.24, 2.45) is 0 Å². The van der Waals surface area contributed by atoms with Crippen molar-refractivity contribution in [2.45, 2.75) is 0 Å². The van der Waals surface area contributed by atoms with Crippen LogP contribution in [0.2, 0.25) is 0 Å². The summed E-state index contributed by atoms with van der Waals surface area (Å²) in [5.74, 6) is 0. The first kappa shape index (κ1) is 16.1. The SMILES string of the molecule is CN(C)c1ccc(/C=C/c2ccc(/C(C#N)=C/C#N)cc2)cc1. The van der Waals surface area contributed by atoms with Gasteiger partial charge in [0.2, 0.25) is 0 Å². The number of allylic oxidation sites excluding steroid dienone is 2. The van der Waals surface area contributed by atoms with Gasteiger partial charge in [0.15, 0.2) is 0 Å². The Bertz CT molecular complexity index is 796. The highest BCUT2D eigenvalue weighted by Gasteiger charge is 1.99. The number of hydrogen-bond acceptors (Lipinski definition) is 3. The molecule has 2 rings (SSSR count). The van der Waals surface area contributed by atoms with E-state index in [9.17, 15) is 0 Å². The van der Waals surface area contributed by atoms with Gasteiger partial charge in [0, 0.05) is 25.9 Å². The van der Waals surface area contributed by atoms with Crippen LogP contribution in [0.3, 0.4) is 0 Å². The van der Waals surface area contributed by atoms with E-state index in [0.29, 0.717) is 5.57 Å². The lowest BCUT2D eigenvalue weighted by Crippen LogP contribution is -2.07. The fourth-order valence-electron chi connectivity index (χ4n) is 2.09. The fourth-order valence-corrected chi connectivity index (χ4v) is 2.09. The molecule has 0 N–H and O–H groups in total. The number of hydrogen-bond donors (Lipinski definition) is 0. The fraction of sp³-hybridized carbons (Fsp3) is 0.100. The Labute approximate surface area is 137 Å². The van der Waals surface area contributed by atoms with Crippen LogP contribution in [0.5, 0.6) is 0 Å². The zero-order valence-corrected chi connectivity index (χ0v) is 13.2. The smallest absolute Gasteiger partial charge is 0.101 e. The van der Waals surface area contributed by atoms with Gasteiger partial charge in [-0.2, -0.15) is 10.5 Å². The lowest BCUT2D eigenvalue weighted by Gasteiger charge is -2.11. The standard InChI is InChI=1S/C20H17N3/c1-23(2)20-11-7-17(8-12-20)4-3-16-5-9-18(10-6-16)19(15-22)13-14-21/h3-13H,1-2H3/b4-3+,19-13+. The molecule has 2 aromatic carbocycles. The number of nitriles is 2. The van der Waals surface area contributed by atoms with Crippen molar-refractivity contribution in [1.29, 1.82) is 10.5 Å². The maximum atomic E-state index is 9.01. The molecule has 0 unspecified atom stereocenters. The molecule has 0 atom stereocenters. The van der Waals surface area contributed by atoms with Crippen LogP contribution in [0.25, 0.3) is 17.7 Å². The molecule has 0 aromatic heterocycles. The Morgan fingerprint density at radius 2 is 1.39 bits per heavy atom. The molecule has 3 nitrogen and oxygen atoms in total. The molecule has 0 aliphatic carbocycles. The van der Waals surface area contributed by atoms with Crippen molar-refractivity contribution in [3.63, 3.8) is 0 Å². The van der Waals surface area contributed by atoms with E-state index in [0.717, 1.165) is 16.7 Å². The van der Waals surface area contributed by atoms with Gasteiger partial charge in [-0.25, -0.2) is 0 Å². The Morgan fingerprint density at radius 1 is 0.870 bits per heavy atom. The molecule has 0 heterocycles. The summed E-state index contributed by atoms with van der Waals surface area (Å²) >= 11 is 0. The minimum Gasteiger partial charge on any atom is -0.378 e. The van der Waals surface area contributed by atoms with Gasteiger partial charge >= 0.3 is 0 Å². The second-order valence-electron chi connectivity index (χ2n) is 5.24. The Kier molecular flexibility index (Phi) is 5.34. The normalized spacial score (nSPS) is 11.0. The second kappa shape index (κ2) is 7.64. The molecular weight excluding hydrogens is 282 g/mol. The van der Waals surface area contributed by atoms with Gasteiger partial charge in [-0.1, -0.05) is 48.6 Å². The molecule has 2 aromatic rings. The van der Waals surface area contributed by atoms with Gasteiger partial charge in [0.25, 0.3) is 0 Å². The predicted octanol–water partition coefficient (Wildman–Crippen LogP) is 4.35. The highest BCUT2D eigenvalue weighted by Crippen LogP contribution is 2.17. The first-order chi connectivity index (χ1) is 11.1. The molecule has 0 bridgehead atoms. The summed E-state index contributed by atoms with van der Waals surface area (Å²) in [5.41, 5.74) is 4.46. The number of nitrogens with zero attached hydrogens (tertiary/aromatic N) is 3. The summed E-state index contributed by atoms with van der Waals surface area (Å²) in [6, 6.07) is 19.8. The lowest BCUT2D eigenvalue weighted by atomic mass is 10.0. The molecule has 0 saturated carbocycles. The third-order valence-corrected chi connectivity index (χ3v) is 3.43. The van der Waals surface area contributed by atoms with Crippen molar-refractivity contribution in [3.8, 4) is 12.1 Å². The van der Waals surface area contributed by atoms with E-state index in [1.807, 2.05) is 62.7 Å². The van der Waals surface area contributed by atoms with Gasteiger partial charge in [0.1, 0.15) is 6.07 Å². The zero-order chi connectivity index (χ0) is 16.7. The van der Waals surface area contributed by atoms with Crippen molar-refractivity contribution in [1.82, 2.24) is 0 Å². The first-order valence-corrected chi connectivity index (χ1v) is 7.20. The molecular formula is C20H17N3. The summed E-state index contributed by atoms with van der Waals surface area (Å²) in [6.07, 6.45) is 5.33. The largest absolute Gasteiger partial charge is 0.378 e. The third-order valence-electron chi connectivity index (χ3n) is 3.43. The van der Waals surface area contributed by atoms with Crippen LogP contribution < -0.4 is 4.90 Å². The first-order valence-electron chi connectivity index (χ1n) is 7.20. The van der Waals surface area contributed by atoms with Crippen molar-refractivity contribution in [2.75, 3.05) is 19.0 Å². The topological polar surface area (TPSA) is 50.8 Å². The molecule has 0 saturated heterocycles. The summed E-state index contributed by atoms with van der Waals surface area (Å²) in [5, 5.41) is 17.7. The van der Waals surface area contributed by atoms with E-state index in [-0.39, 0.29) is 0 Å². The van der Waals surface area contributed by atoms with Crippen molar-refractivity contribution in [3.05, 3.63) is 71.3 Å². The quantitative estimate of drug-likeness (QED) is 0.623. The van der Waals surface area contributed by atoms with Crippen molar-refractivity contribution >= 4 is 23.4 Å². The summed E-state index contributed by atoms with van der Waals surface area (Å²) in [7, 11) is 4.03. The summed E-state index contributed by atoms with van der Waals surface area (Å²) < 4.78 is 0. The Morgan fingerprint density at radius 3 is 1.83 bits per heavy atom. The molecule has 0 aliphatic heterocycles. The van der Waals surface area contributed by atoms with E-state index >= 15 is 0 Å². The Balaban J connectivity index is 2.13. The van der Waals surface area contributed by atoms with Gasteiger partial charge in [-0.05, 0) is 28.8 Å². The van der Waals surface area contributed by atoms with Gasteiger partial charge in [-0.15, -0.1) is 0 Å². The zero-order valence-electron chi connectivity index (χ0n) is 13.2. The average molecular weight is 299 g/mol. The lowest BCUT2D eigenvalue weighted by molar-refractivity contribution is 1.13. The Hall–Kier alpha value is -3.30. The van der Waals surface area contributed by atoms with Gasteiger partial charge in [0.05, 0.1) is 11.6 Å². The van der Waals surface area contributed by atoms with Gasteiger partial charge < -0.3 is 4.90 Å². The van der Waals surface area contributed by atoms with Gasteiger partial charge in [-0.3, -0.25) is 0 Å². The number of rotatable bonds is 4. The predicted molar refractivity (Wildman–Crippen MR) is 95.3 cm³/mol. The minimum absolute atomic E-state index is 0.377. The van der Waals surface area contributed by atoms with Crippen LogP contribution >= 0.6 is 0 Å². The van der Waals surface area contributed by atoms with Crippen LogP contribution in [-0.4, -0.2) is 14.1 Å². The third kappa shape index (κ3) is 4.33. The highest BCUT2D eigenvalue weighted by atomic mass is 15.1. The monoisotopic (exact) mass is 299 g/mol. The van der Waals surface area contributed by atoms with Crippen LogP contribution in [0.4, 0.5) is 5.69 Å². The average Bonchev–Trinajstić information content (AvgIpc) is 2.59. The summed E-state index contributed by atoms with van der Waals surface area (Å²) in [6.45, 7) is 0. The molecule has 0 radical (unpaired) electrons. The molecule has 0 aliphatic rings. The van der Waals surface area contributed by atoms with E-state index in [1.54, 1.807) is 0 Å². The van der Waals surface area contributed by atoms with Crippen LogP contribution in [0.1, 0.15) is 16.7 Å². The van der Waals surface area contributed by atoms with E-state index < -0.39 is 0 Å². The molecule has 0 fully saturated rings. The summed E-state index contributed by atoms with van der Waals surface area (Å²) in [4.78, 5) is 2.06. The van der Waals surface area contributed by atoms with Crippen LogP contribution in [-0.2, 0) is 0 Å². The van der Waals surface area contributed by atoms with Crippen LogP contribution in [0.15, 0.2) is 54.6 Å². The van der Waals surface area contributed by atoms with E-state index in [2.05, 4.69) is 29.2 Å². The molecule has 3 heteroatoms. The molecule has 0 spiro atoms.